The predicted molar refractivity (Wildman–Crippen MR) is 98.8 cm³/mol. The summed E-state index contributed by atoms with van der Waals surface area (Å²) < 4.78 is 0. The Hall–Kier alpha value is -3.22. The number of fused-ring (bicyclic) bond motifs is 1. The van der Waals surface area contributed by atoms with Gasteiger partial charge in [-0.25, -0.2) is 4.98 Å². The fraction of sp³-hybridized carbons (Fsp3) is 0.222. The molecule has 7 heteroatoms. The number of nitrogens with zero attached hydrogens (tertiary/aromatic N) is 3. The minimum atomic E-state index is -0.378. The van der Waals surface area contributed by atoms with E-state index >= 15 is 0 Å². The fourth-order valence-electron chi connectivity index (χ4n) is 2.62. The van der Waals surface area contributed by atoms with Gasteiger partial charge in [-0.05, 0) is 43.2 Å². The molecule has 7 nitrogen and oxygen atoms in total. The molecule has 1 aromatic carbocycles. The summed E-state index contributed by atoms with van der Waals surface area (Å²) in [6.45, 7) is 1.62. The van der Waals surface area contributed by atoms with Crippen molar-refractivity contribution in [3.05, 3.63) is 65.0 Å². The van der Waals surface area contributed by atoms with E-state index in [0.717, 1.165) is 37.4 Å². The Morgan fingerprint density at radius 1 is 0.920 bits per heavy atom. The van der Waals surface area contributed by atoms with E-state index < -0.39 is 0 Å². The summed E-state index contributed by atoms with van der Waals surface area (Å²) in [5, 5.41) is 18.3. The van der Waals surface area contributed by atoms with Gasteiger partial charge >= 0.3 is 0 Å². The molecular weight excluding hydrogens is 318 g/mol. The van der Waals surface area contributed by atoms with E-state index in [9.17, 15) is 10.1 Å². The van der Waals surface area contributed by atoms with Crippen molar-refractivity contribution in [2.24, 2.45) is 0 Å². The topological polar surface area (TPSA) is 93.0 Å². The minimum Gasteiger partial charge on any atom is -0.383 e. The molecule has 0 saturated carbocycles. The average Bonchev–Trinajstić information content (AvgIpc) is 2.65. The number of nitrogens with one attached hydrogen (secondary N) is 2. The molecule has 0 bridgehead atoms. The van der Waals surface area contributed by atoms with Gasteiger partial charge in [0.2, 0.25) is 0 Å². The number of hydrogen-bond donors (Lipinski definition) is 2. The van der Waals surface area contributed by atoms with Crippen LogP contribution in [0.25, 0.3) is 10.9 Å². The molecule has 0 radical (unpaired) electrons. The Balaban J connectivity index is 1.53. The average molecular weight is 337 g/mol. The van der Waals surface area contributed by atoms with Gasteiger partial charge in [-0.2, -0.15) is 0 Å². The predicted octanol–water partition coefficient (Wildman–Crippen LogP) is 3.84. The molecule has 0 unspecified atom stereocenters. The van der Waals surface area contributed by atoms with Crippen molar-refractivity contribution < 1.29 is 4.92 Å². The lowest BCUT2D eigenvalue weighted by Gasteiger charge is -2.10. The summed E-state index contributed by atoms with van der Waals surface area (Å²) in [5.74, 6) is 0.876. The minimum absolute atomic E-state index is 0.0770. The molecule has 0 aliphatic carbocycles. The molecule has 2 aromatic heterocycles. The lowest BCUT2D eigenvalue weighted by atomic mass is 10.1. The number of anilines is 2. The van der Waals surface area contributed by atoms with Crippen molar-refractivity contribution in [1.29, 1.82) is 0 Å². The Labute approximate surface area is 145 Å². The van der Waals surface area contributed by atoms with Crippen molar-refractivity contribution >= 4 is 28.1 Å². The van der Waals surface area contributed by atoms with Crippen LogP contribution < -0.4 is 10.6 Å². The van der Waals surface area contributed by atoms with Crippen molar-refractivity contribution in [1.82, 2.24) is 9.97 Å². The maximum Gasteiger partial charge on any atom is 0.278 e. The number of unbranched alkanes of at least 4 members (excludes halogenated alkanes) is 1. The first-order valence-electron chi connectivity index (χ1n) is 8.16. The van der Waals surface area contributed by atoms with E-state index in [4.69, 9.17) is 0 Å². The molecule has 0 saturated heterocycles. The number of nitro groups is 1. The van der Waals surface area contributed by atoms with Gasteiger partial charge in [-0.3, -0.25) is 15.1 Å². The Kier molecular flexibility index (Phi) is 5.36. The second kappa shape index (κ2) is 8.05. The lowest BCUT2D eigenvalue weighted by molar-refractivity contribution is -0.383. The largest absolute Gasteiger partial charge is 0.383 e. The first-order valence-corrected chi connectivity index (χ1v) is 8.16. The first-order chi connectivity index (χ1) is 12.3. The van der Waals surface area contributed by atoms with Gasteiger partial charge in [0.1, 0.15) is 11.3 Å². The van der Waals surface area contributed by atoms with Crippen molar-refractivity contribution in [2.45, 2.75) is 12.8 Å². The highest BCUT2D eigenvalue weighted by Gasteiger charge is 2.14. The number of benzene rings is 1. The van der Waals surface area contributed by atoms with E-state index in [-0.39, 0.29) is 10.6 Å². The third-order valence-corrected chi connectivity index (χ3v) is 3.83. The van der Waals surface area contributed by atoms with Crippen molar-refractivity contribution in [3.8, 4) is 0 Å². The summed E-state index contributed by atoms with van der Waals surface area (Å²) in [6.07, 6.45) is 5.36. The monoisotopic (exact) mass is 337 g/mol. The molecule has 0 fully saturated rings. The molecule has 2 N–H and O–H groups in total. The van der Waals surface area contributed by atoms with Crippen LogP contribution in [0, 0.1) is 10.1 Å². The standard InChI is InChI=1S/C18H19N5O2/c24-23(25)16-9-8-15(18-14(16)6-5-13-22-18)19-10-3-4-12-21-17-7-1-2-11-20-17/h1-2,5-9,11,13,19H,3-4,10,12H2,(H,20,21). The first kappa shape index (κ1) is 16.6. The summed E-state index contributed by atoms with van der Waals surface area (Å²) in [7, 11) is 0. The number of non-ortho nitro benzene ring substituents is 1. The van der Waals surface area contributed by atoms with Crippen LogP contribution in [-0.4, -0.2) is 28.0 Å². The van der Waals surface area contributed by atoms with Crippen LogP contribution in [-0.2, 0) is 0 Å². The van der Waals surface area contributed by atoms with Gasteiger partial charge in [-0.1, -0.05) is 6.07 Å². The highest BCUT2D eigenvalue weighted by atomic mass is 16.6. The Morgan fingerprint density at radius 3 is 2.48 bits per heavy atom. The smallest absolute Gasteiger partial charge is 0.278 e. The number of pyridine rings is 2. The van der Waals surface area contributed by atoms with Gasteiger partial charge < -0.3 is 10.6 Å². The number of nitro benzene ring substituents is 1. The van der Waals surface area contributed by atoms with Crippen molar-refractivity contribution in [3.63, 3.8) is 0 Å². The van der Waals surface area contributed by atoms with Crippen LogP contribution in [0.1, 0.15) is 12.8 Å². The Morgan fingerprint density at radius 2 is 1.72 bits per heavy atom. The number of rotatable bonds is 8. The summed E-state index contributed by atoms with van der Waals surface area (Å²) >= 11 is 0. The van der Waals surface area contributed by atoms with Crippen LogP contribution in [0.4, 0.5) is 17.2 Å². The molecule has 0 spiro atoms. The van der Waals surface area contributed by atoms with Crippen LogP contribution in [0.2, 0.25) is 0 Å². The van der Waals surface area contributed by atoms with Gasteiger partial charge in [0.05, 0.1) is 16.0 Å². The zero-order chi connectivity index (χ0) is 17.5. The Bertz CT molecular complexity index is 854. The van der Waals surface area contributed by atoms with Gasteiger partial charge in [0.15, 0.2) is 0 Å². The fourth-order valence-corrected chi connectivity index (χ4v) is 2.62. The summed E-state index contributed by atoms with van der Waals surface area (Å²) in [5.41, 5.74) is 1.52. The van der Waals surface area contributed by atoms with Crippen LogP contribution in [0.3, 0.4) is 0 Å². The second-order valence-electron chi connectivity index (χ2n) is 5.56. The quantitative estimate of drug-likeness (QED) is 0.368. The number of hydrogen-bond acceptors (Lipinski definition) is 6. The van der Waals surface area contributed by atoms with E-state index in [1.807, 2.05) is 18.2 Å². The maximum absolute atomic E-state index is 11.1. The van der Waals surface area contributed by atoms with E-state index in [0.29, 0.717) is 10.9 Å². The number of aromatic nitrogens is 2. The zero-order valence-corrected chi connectivity index (χ0v) is 13.7. The molecule has 0 amide bonds. The third kappa shape index (κ3) is 4.20. The highest BCUT2D eigenvalue weighted by molar-refractivity contribution is 5.96. The summed E-state index contributed by atoms with van der Waals surface area (Å²) in [6, 6.07) is 12.5. The van der Waals surface area contributed by atoms with Gasteiger partial charge in [-0.15, -0.1) is 0 Å². The van der Waals surface area contributed by atoms with Gasteiger partial charge in [0.25, 0.3) is 5.69 Å². The second-order valence-corrected chi connectivity index (χ2v) is 5.56. The van der Waals surface area contributed by atoms with E-state index in [2.05, 4.69) is 20.6 Å². The molecule has 3 aromatic rings. The van der Waals surface area contributed by atoms with Crippen LogP contribution >= 0.6 is 0 Å². The third-order valence-electron chi connectivity index (χ3n) is 3.83. The van der Waals surface area contributed by atoms with Crippen LogP contribution in [0.15, 0.2) is 54.9 Å². The normalized spacial score (nSPS) is 10.6. The lowest BCUT2D eigenvalue weighted by Crippen LogP contribution is -2.07. The molecule has 3 rings (SSSR count). The zero-order valence-electron chi connectivity index (χ0n) is 13.7. The SMILES string of the molecule is O=[N+]([O-])c1ccc(NCCCCNc2ccccn2)c2ncccc12. The molecular formula is C18H19N5O2. The molecule has 0 aliphatic rings. The highest BCUT2D eigenvalue weighted by Crippen LogP contribution is 2.29. The van der Waals surface area contributed by atoms with E-state index in [1.54, 1.807) is 30.6 Å². The molecule has 25 heavy (non-hydrogen) atoms. The van der Waals surface area contributed by atoms with Crippen molar-refractivity contribution in [2.75, 3.05) is 23.7 Å². The molecule has 0 aliphatic heterocycles. The molecule has 128 valence electrons. The molecule has 0 atom stereocenters. The van der Waals surface area contributed by atoms with Gasteiger partial charge in [0, 0.05) is 31.5 Å². The molecule has 2 heterocycles. The van der Waals surface area contributed by atoms with Crippen LogP contribution in [0.5, 0.6) is 0 Å². The van der Waals surface area contributed by atoms with E-state index in [1.165, 1.54) is 6.07 Å². The maximum atomic E-state index is 11.1. The summed E-state index contributed by atoms with van der Waals surface area (Å²) in [4.78, 5) is 19.2.